The van der Waals surface area contributed by atoms with Gasteiger partial charge in [-0.15, -0.1) is 0 Å². The SMILES string of the molecule is CC(C)CCCOCCOCCOCCOCCNCC(C)C.[HH]. The summed E-state index contributed by atoms with van der Waals surface area (Å²) in [6.07, 6.45) is 2.36. The molecule has 0 amide bonds. The van der Waals surface area contributed by atoms with Crippen molar-refractivity contribution < 1.29 is 20.4 Å². The van der Waals surface area contributed by atoms with Gasteiger partial charge in [-0.05, 0) is 31.2 Å². The first kappa shape index (κ1) is 22.8. The van der Waals surface area contributed by atoms with E-state index >= 15 is 0 Å². The zero-order valence-electron chi connectivity index (χ0n) is 15.8. The Balaban J connectivity index is 0. The van der Waals surface area contributed by atoms with Gasteiger partial charge in [-0.1, -0.05) is 27.7 Å². The van der Waals surface area contributed by atoms with Crippen LogP contribution in [-0.2, 0) is 18.9 Å². The molecule has 1 N–H and O–H groups in total. The summed E-state index contributed by atoms with van der Waals surface area (Å²) >= 11 is 0. The van der Waals surface area contributed by atoms with Crippen LogP contribution in [0.4, 0.5) is 0 Å². The smallest absolute Gasteiger partial charge is 0.0701 e. The maximum absolute atomic E-state index is 5.50. The van der Waals surface area contributed by atoms with Crippen LogP contribution in [0.2, 0.25) is 0 Å². The molecule has 5 nitrogen and oxygen atoms in total. The fourth-order valence-electron chi connectivity index (χ4n) is 1.89. The van der Waals surface area contributed by atoms with Crippen molar-refractivity contribution in [1.29, 1.82) is 0 Å². The van der Waals surface area contributed by atoms with Crippen molar-refractivity contribution >= 4 is 0 Å². The number of hydrogen-bond donors (Lipinski definition) is 1. The van der Waals surface area contributed by atoms with Crippen LogP contribution in [0.3, 0.4) is 0 Å². The van der Waals surface area contributed by atoms with Gasteiger partial charge in [0.25, 0.3) is 0 Å². The molecule has 0 aromatic rings. The Labute approximate surface area is 144 Å². The molecule has 0 unspecified atom stereocenters. The molecule has 0 rings (SSSR count). The van der Waals surface area contributed by atoms with E-state index in [0.29, 0.717) is 45.6 Å². The summed E-state index contributed by atoms with van der Waals surface area (Å²) in [5.74, 6) is 1.44. The molecule has 0 bridgehead atoms. The normalized spacial score (nSPS) is 11.7. The predicted octanol–water partition coefficient (Wildman–Crippen LogP) is 2.98. The van der Waals surface area contributed by atoms with Crippen molar-refractivity contribution in [1.82, 2.24) is 5.32 Å². The van der Waals surface area contributed by atoms with Crippen molar-refractivity contribution in [3.63, 3.8) is 0 Å². The van der Waals surface area contributed by atoms with Crippen LogP contribution < -0.4 is 5.32 Å². The molecule has 0 aromatic carbocycles. The molecule has 0 aliphatic heterocycles. The van der Waals surface area contributed by atoms with Gasteiger partial charge in [0.1, 0.15) is 0 Å². The Morgan fingerprint density at radius 1 is 0.652 bits per heavy atom. The minimum atomic E-state index is 0. The van der Waals surface area contributed by atoms with E-state index in [1.807, 2.05) is 0 Å². The first-order chi connectivity index (χ1) is 11.1. The van der Waals surface area contributed by atoms with E-state index in [1.54, 1.807) is 0 Å². The molecule has 0 atom stereocenters. The molecular weight excluding hydrogens is 294 g/mol. The van der Waals surface area contributed by atoms with E-state index in [2.05, 4.69) is 33.0 Å². The summed E-state index contributed by atoms with van der Waals surface area (Å²) < 4.78 is 21.8. The van der Waals surface area contributed by atoms with Crippen LogP contribution in [-0.4, -0.2) is 65.9 Å². The quantitative estimate of drug-likeness (QED) is 0.390. The molecule has 0 fully saturated rings. The van der Waals surface area contributed by atoms with Gasteiger partial charge >= 0.3 is 0 Å². The topological polar surface area (TPSA) is 49.0 Å². The molecule has 0 radical (unpaired) electrons. The van der Waals surface area contributed by atoms with Gasteiger partial charge in [-0.25, -0.2) is 0 Å². The maximum atomic E-state index is 5.50. The number of hydrogen-bond acceptors (Lipinski definition) is 5. The van der Waals surface area contributed by atoms with Gasteiger partial charge in [0.2, 0.25) is 0 Å². The van der Waals surface area contributed by atoms with Crippen LogP contribution >= 0.6 is 0 Å². The van der Waals surface area contributed by atoms with Crippen LogP contribution in [0, 0.1) is 11.8 Å². The molecule has 0 aromatic heterocycles. The third-order valence-corrected chi connectivity index (χ3v) is 3.16. The van der Waals surface area contributed by atoms with E-state index in [-0.39, 0.29) is 1.43 Å². The van der Waals surface area contributed by atoms with Gasteiger partial charge < -0.3 is 24.3 Å². The number of rotatable bonds is 18. The number of ether oxygens (including phenoxy) is 4. The van der Waals surface area contributed by atoms with Crippen molar-refractivity contribution in [3.8, 4) is 0 Å². The molecule has 0 aliphatic rings. The Morgan fingerprint density at radius 2 is 1.13 bits per heavy atom. The first-order valence-corrected chi connectivity index (χ1v) is 9.14. The van der Waals surface area contributed by atoms with Crippen molar-refractivity contribution in [3.05, 3.63) is 0 Å². The Morgan fingerprint density at radius 3 is 1.61 bits per heavy atom. The van der Waals surface area contributed by atoms with E-state index in [0.717, 1.165) is 38.6 Å². The largest absolute Gasteiger partial charge is 0.379 e. The molecule has 5 heteroatoms. The molecule has 0 spiro atoms. The second kappa shape index (κ2) is 18.1. The minimum Gasteiger partial charge on any atom is -0.379 e. The third kappa shape index (κ3) is 21.8. The fraction of sp³-hybridized carbons (Fsp3) is 1.00. The minimum absolute atomic E-state index is 0. The summed E-state index contributed by atoms with van der Waals surface area (Å²) in [5, 5.41) is 3.34. The summed E-state index contributed by atoms with van der Waals surface area (Å²) in [6, 6.07) is 0. The predicted molar refractivity (Wildman–Crippen MR) is 97.2 cm³/mol. The summed E-state index contributed by atoms with van der Waals surface area (Å²) in [5.41, 5.74) is 0. The van der Waals surface area contributed by atoms with Crippen molar-refractivity contribution in [2.24, 2.45) is 11.8 Å². The summed E-state index contributed by atoms with van der Waals surface area (Å²) in [6.45, 7) is 16.2. The van der Waals surface area contributed by atoms with Crippen molar-refractivity contribution in [2.75, 3.05) is 65.9 Å². The molecule has 23 heavy (non-hydrogen) atoms. The fourth-order valence-corrected chi connectivity index (χ4v) is 1.89. The average Bonchev–Trinajstić information content (AvgIpc) is 2.49. The average molecular weight is 336 g/mol. The maximum Gasteiger partial charge on any atom is 0.0701 e. The van der Waals surface area contributed by atoms with Gasteiger partial charge in [-0.3, -0.25) is 0 Å². The summed E-state index contributed by atoms with van der Waals surface area (Å²) in [4.78, 5) is 0. The van der Waals surface area contributed by atoms with Gasteiger partial charge in [0, 0.05) is 14.6 Å². The van der Waals surface area contributed by atoms with Crippen LogP contribution in [0.5, 0.6) is 0 Å². The monoisotopic (exact) mass is 335 g/mol. The van der Waals surface area contributed by atoms with E-state index in [1.165, 1.54) is 6.42 Å². The van der Waals surface area contributed by atoms with E-state index in [9.17, 15) is 0 Å². The van der Waals surface area contributed by atoms with Gasteiger partial charge in [0.05, 0.1) is 46.2 Å². The highest BCUT2D eigenvalue weighted by molar-refractivity contribution is 4.50. The zero-order chi connectivity index (χ0) is 17.2. The Bertz CT molecular complexity index is 209. The van der Waals surface area contributed by atoms with Crippen LogP contribution in [0.1, 0.15) is 42.0 Å². The highest BCUT2D eigenvalue weighted by Gasteiger charge is 1.96. The molecule has 0 aliphatic carbocycles. The lowest BCUT2D eigenvalue weighted by Crippen LogP contribution is -2.24. The van der Waals surface area contributed by atoms with Crippen molar-refractivity contribution in [2.45, 2.75) is 40.5 Å². The lowest BCUT2D eigenvalue weighted by molar-refractivity contribution is -0.00196. The van der Waals surface area contributed by atoms with E-state index < -0.39 is 0 Å². The van der Waals surface area contributed by atoms with Gasteiger partial charge in [-0.2, -0.15) is 0 Å². The van der Waals surface area contributed by atoms with Gasteiger partial charge in [0.15, 0.2) is 0 Å². The highest BCUT2D eigenvalue weighted by Crippen LogP contribution is 2.02. The zero-order valence-corrected chi connectivity index (χ0v) is 15.8. The highest BCUT2D eigenvalue weighted by atomic mass is 16.6. The molecule has 0 saturated carbocycles. The molecule has 142 valence electrons. The molecule has 0 heterocycles. The second-order valence-electron chi connectivity index (χ2n) is 6.58. The first-order valence-electron chi connectivity index (χ1n) is 9.14. The number of nitrogens with one attached hydrogen (secondary N) is 1. The Hall–Kier alpha value is -0.200. The van der Waals surface area contributed by atoms with Crippen LogP contribution in [0.15, 0.2) is 0 Å². The summed E-state index contributed by atoms with van der Waals surface area (Å²) in [7, 11) is 0. The molecular formula is C18H41NO4. The third-order valence-electron chi connectivity index (χ3n) is 3.16. The van der Waals surface area contributed by atoms with Crippen LogP contribution in [0.25, 0.3) is 0 Å². The standard InChI is InChI=1S/C18H39NO4.H2/c1-17(2)6-5-8-20-10-12-22-14-15-23-13-11-21-9-7-19-16-18(3)4;/h17-19H,5-16H2,1-4H3;1H. The lowest BCUT2D eigenvalue weighted by Gasteiger charge is -2.09. The second-order valence-corrected chi connectivity index (χ2v) is 6.58. The lowest BCUT2D eigenvalue weighted by atomic mass is 10.1. The van der Waals surface area contributed by atoms with E-state index in [4.69, 9.17) is 18.9 Å². The molecule has 0 saturated heterocycles. The Kier molecular flexibility index (Phi) is 18.0.